The predicted octanol–water partition coefficient (Wildman–Crippen LogP) is 7.02. The molecule has 0 spiro atoms. The highest BCUT2D eigenvalue weighted by Gasteiger charge is 2.31. The highest BCUT2D eigenvalue weighted by atomic mass is 19.4. The van der Waals surface area contributed by atoms with E-state index in [9.17, 15) is 26.3 Å². The second kappa shape index (κ2) is 9.55. The Labute approximate surface area is 185 Å². The van der Waals surface area contributed by atoms with Gasteiger partial charge in [0.05, 0.1) is 11.3 Å². The van der Waals surface area contributed by atoms with Crippen LogP contribution in [0.1, 0.15) is 25.8 Å². The molecule has 2 aromatic carbocycles. The maximum Gasteiger partial charge on any atom is 0.573 e. The molecule has 0 fully saturated rings. The Morgan fingerprint density at radius 2 is 1.67 bits per heavy atom. The van der Waals surface area contributed by atoms with Crippen LogP contribution in [0.25, 0.3) is 11.3 Å². The Balaban J connectivity index is 1.99. The summed E-state index contributed by atoms with van der Waals surface area (Å²) >= 11 is 0. The van der Waals surface area contributed by atoms with Crippen LogP contribution >= 0.6 is 0 Å². The molecule has 0 saturated carbocycles. The lowest BCUT2D eigenvalue weighted by atomic mass is 10.1. The van der Waals surface area contributed by atoms with Crippen LogP contribution in [0.15, 0.2) is 54.6 Å². The van der Waals surface area contributed by atoms with Gasteiger partial charge >= 0.3 is 12.5 Å². The number of benzene rings is 2. The lowest BCUT2D eigenvalue weighted by Gasteiger charge is -2.16. The van der Waals surface area contributed by atoms with Crippen LogP contribution in [-0.2, 0) is 6.18 Å². The molecule has 1 aromatic heterocycles. The third kappa shape index (κ3) is 6.99. The van der Waals surface area contributed by atoms with Crippen LogP contribution in [0, 0.1) is 0 Å². The van der Waals surface area contributed by atoms with Gasteiger partial charge in [0.2, 0.25) is 5.95 Å². The highest BCUT2D eigenvalue weighted by Crippen LogP contribution is 2.32. The van der Waals surface area contributed by atoms with E-state index in [1.165, 1.54) is 30.3 Å². The molecule has 0 aliphatic rings. The number of rotatable bonds is 7. The molecule has 176 valence electrons. The number of hydrogen-bond donors (Lipinski definition) is 2. The molecule has 0 radical (unpaired) electrons. The molecule has 0 amide bonds. The van der Waals surface area contributed by atoms with Crippen molar-refractivity contribution in [3.63, 3.8) is 0 Å². The SMILES string of the molecule is CC[C@H](C)Nc1nc(Nc2cccc(C(F)(F)F)c2)cc(-c2cccc(OC(F)(F)F)c2)n1. The maximum atomic E-state index is 13.0. The molecule has 5 nitrogen and oxygen atoms in total. The quantitative estimate of drug-likeness (QED) is 0.364. The molecule has 0 aliphatic heterocycles. The number of hydrogen-bond acceptors (Lipinski definition) is 5. The number of aromatic nitrogens is 2. The summed E-state index contributed by atoms with van der Waals surface area (Å²) in [5.41, 5.74) is -0.147. The fourth-order valence-corrected chi connectivity index (χ4v) is 2.82. The summed E-state index contributed by atoms with van der Waals surface area (Å²) in [4.78, 5) is 8.64. The lowest BCUT2D eigenvalue weighted by Crippen LogP contribution is -2.17. The van der Waals surface area contributed by atoms with E-state index in [0.29, 0.717) is 5.56 Å². The zero-order valence-electron chi connectivity index (χ0n) is 17.6. The van der Waals surface area contributed by atoms with Crippen LogP contribution in [0.4, 0.5) is 43.8 Å². The van der Waals surface area contributed by atoms with Crippen molar-refractivity contribution in [3.05, 3.63) is 60.2 Å². The van der Waals surface area contributed by atoms with Crippen molar-refractivity contribution in [2.24, 2.45) is 0 Å². The summed E-state index contributed by atoms with van der Waals surface area (Å²) < 4.78 is 80.9. The number of nitrogens with one attached hydrogen (secondary N) is 2. The van der Waals surface area contributed by atoms with E-state index in [0.717, 1.165) is 30.7 Å². The zero-order chi connectivity index (χ0) is 24.2. The van der Waals surface area contributed by atoms with E-state index in [-0.39, 0.29) is 29.2 Å². The first-order valence-corrected chi connectivity index (χ1v) is 9.89. The molecule has 0 unspecified atom stereocenters. The fraction of sp³-hybridized carbons (Fsp3) is 0.273. The van der Waals surface area contributed by atoms with Gasteiger partial charge in [0.15, 0.2) is 0 Å². The van der Waals surface area contributed by atoms with Gasteiger partial charge < -0.3 is 15.4 Å². The Kier molecular flexibility index (Phi) is 6.99. The number of ether oxygens (including phenoxy) is 1. The van der Waals surface area contributed by atoms with E-state index < -0.39 is 23.9 Å². The zero-order valence-corrected chi connectivity index (χ0v) is 17.6. The number of nitrogens with zero attached hydrogens (tertiary/aromatic N) is 2. The minimum Gasteiger partial charge on any atom is -0.406 e. The molecule has 33 heavy (non-hydrogen) atoms. The van der Waals surface area contributed by atoms with Gasteiger partial charge in [-0.05, 0) is 43.7 Å². The van der Waals surface area contributed by atoms with Crippen molar-refractivity contribution in [2.75, 3.05) is 10.6 Å². The Morgan fingerprint density at radius 3 is 2.33 bits per heavy atom. The molecule has 0 aliphatic carbocycles. The maximum absolute atomic E-state index is 13.0. The van der Waals surface area contributed by atoms with Gasteiger partial charge in [-0.3, -0.25) is 0 Å². The first kappa shape index (κ1) is 24.1. The Bertz CT molecular complexity index is 1100. The summed E-state index contributed by atoms with van der Waals surface area (Å²) in [6.07, 6.45) is -8.64. The van der Waals surface area contributed by atoms with E-state index >= 15 is 0 Å². The van der Waals surface area contributed by atoms with Crippen molar-refractivity contribution >= 4 is 17.5 Å². The molecule has 3 rings (SSSR count). The van der Waals surface area contributed by atoms with E-state index in [1.807, 2.05) is 13.8 Å². The summed E-state index contributed by atoms with van der Waals surface area (Å²) in [6, 6.07) is 11.2. The van der Waals surface area contributed by atoms with Crippen molar-refractivity contribution < 1.29 is 31.1 Å². The highest BCUT2D eigenvalue weighted by molar-refractivity contribution is 5.68. The van der Waals surface area contributed by atoms with Gasteiger partial charge in [0, 0.05) is 23.4 Å². The van der Waals surface area contributed by atoms with Crippen LogP contribution < -0.4 is 15.4 Å². The molecular weight excluding hydrogens is 450 g/mol. The standard InChI is InChI=1S/C22H20F6N4O/c1-3-13(2)29-20-31-18(14-6-4-9-17(10-14)33-22(26,27)28)12-19(32-20)30-16-8-5-7-15(11-16)21(23,24)25/h4-13H,3H2,1-2H3,(H2,29,30,31,32)/t13-/m0/s1. The second-order valence-electron chi connectivity index (χ2n) is 7.19. The molecular formula is C22H20F6N4O. The van der Waals surface area contributed by atoms with Crippen LogP contribution in [-0.4, -0.2) is 22.4 Å². The van der Waals surface area contributed by atoms with E-state index in [2.05, 4.69) is 25.3 Å². The van der Waals surface area contributed by atoms with Gasteiger partial charge in [0.25, 0.3) is 0 Å². The summed E-state index contributed by atoms with van der Waals surface area (Å²) in [7, 11) is 0. The van der Waals surface area contributed by atoms with Crippen LogP contribution in [0.5, 0.6) is 5.75 Å². The van der Waals surface area contributed by atoms with Crippen molar-refractivity contribution in [1.82, 2.24) is 9.97 Å². The van der Waals surface area contributed by atoms with Gasteiger partial charge in [0.1, 0.15) is 11.6 Å². The van der Waals surface area contributed by atoms with Gasteiger partial charge in [-0.25, -0.2) is 4.98 Å². The van der Waals surface area contributed by atoms with Crippen LogP contribution in [0.3, 0.4) is 0 Å². The smallest absolute Gasteiger partial charge is 0.406 e. The lowest BCUT2D eigenvalue weighted by molar-refractivity contribution is -0.274. The molecule has 11 heteroatoms. The van der Waals surface area contributed by atoms with Crippen molar-refractivity contribution in [3.8, 4) is 17.0 Å². The number of halogens is 6. The Hall–Kier alpha value is -3.50. The van der Waals surface area contributed by atoms with Gasteiger partial charge in [-0.15, -0.1) is 13.2 Å². The first-order chi connectivity index (χ1) is 15.4. The monoisotopic (exact) mass is 470 g/mol. The second-order valence-corrected chi connectivity index (χ2v) is 7.19. The summed E-state index contributed by atoms with van der Waals surface area (Å²) in [5, 5.41) is 5.87. The van der Waals surface area contributed by atoms with Crippen LogP contribution in [0.2, 0.25) is 0 Å². The van der Waals surface area contributed by atoms with E-state index in [1.54, 1.807) is 0 Å². The normalized spacial score (nSPS) is 12.8. The van der Waals surface area contributed by atoms with Gasteiger partial charge in [-0.1, -0.05) is 25.1 Å². The average molecular weight is 470 g/mol. The largest absolute Gasteiger partial charge is 0.573 e. The van der Waals surface area contributed by atoms with Crippen molar-refractivity contribution in [2.45, 2.75) is 38.8 Å². The third-order valence-corrected chi connectivity index (χ3v) is 4.54. The van der Waals surface area contributed by atoms with E-state index in [4.69, 9.17) is 0 Å². The Morgan fingerprint density at radius 1 is 0.939 bits per heavy atom. The minimum atomic E-state index is -4.86. The molecule has 1 heterocycles. The fourth-order valence-electron chi connectivity index (χ4n) is 2.82. The van der Waals surface area contributed by atoms with Gasteiger partial charge in [-0.2, -0.15) is 18.2 Å². The first-order valence-electron chi connectivity index (χ1n) is 9.89. The number of alkyl halides is 6. The third-order valence-electron chi connectivity index (χ3n) is 4.54. The molecule has 1 atom stereocenters. The predicted molar refractivity (Wildman–Crippen MR) is 112 cm³/mol. The minimum absolute atomic E-state index is 0.0263. The average Bonchev–Trinajstić information content (AvgIpc) is 2.72. The topological polar surface area (TPSA) is 59.1 Å². The molecule has 2 N–H and O–H groups in total. The molecule has 3 aromatic rings. The van der Waals surface area contributed by atoms with Crippen molar-refractivity contribution in [1.29, 1.82) is 0 Å². The number of anilines is 3. The molecule has 0 saturated heterocycles. The summed E-state index contributed by atoms with van der Waals surface area (Å²) in [6.45, 7) is 3.81. The summed E-state index contributed by atoms with van der Waals surface area (Å²) in [5.74, 6) is -0.104. The molecule has 0 bridgehead atoms.